The van der Waals surface area contributed by atoms with E-state index in [1.54, 1.807) is 0 Å². The number of ether oxygens (including phenoxy) is 2. The van der Waals surface area contributed by atoms with E-state index in [0.29, 0.717) is 5.92 Å². The molecule has 28 heavy (non-hydrogen) atoms. The van der Waals surface area contributed by atoms with Crippen molar-refractivity contribution in [2.24, 2.45) is 11.3 Å². The topological polar surface area (TPSA) is 63.9 Å². The number of hydrogen-bond donors (Lipinski definition) is 0. The third-order valence-electron chi connectivity index (χ3n) is 7.50. The van der Waals surface area contributed by atoms with Crippen LogP contribution in [0.15, 0.2) is 4.52 Å². The lowest BCUT2D eigenvalue weighted by atomic mass is 9.62. The van der Waals surface area contributed by atoms with Gasteiger partial charge in [0.1, 0.15) is 0 Å². The molecule has 2 saturated heterocycles. The van der Waals surface area contributed by atoms with Gasteiger partial charge in [-0.25, -0.2) is 0 Å². The fourth-order valence-corrected chi connectivity index (χ4v) is 5.81. The van der Waals surface area contributed by atoms with Gasteiger partial charge in [-0.15, -0.1) is 0 Å². The van der Waals surface area contributed by atoms with Crippen molar-refractivity contribution in [2.45, 2.75) is 57.0 Å². The standard InChI is InChI=1S/C21H34N4O3/c1-26-15-21-6-4-18(25-8-10-27-11-9-25)12-17(21)5-7-24(14-21)13-19-22-20(28-23-19)16-2-3-16/h16-18H,2-15H2,1H3/t17-,18-,21+/m1/s1. The monoisotopic (exact) mass is 390 g/mol. The molecule has 0 N–H and O–H groups in total. The lowest BCUT2D eigenvalue weighted by molar-refractivity contribution is -0.0875. The number of rotatable bonds is 6. The highest BCUT2D eigenvalue weighted by atomic mass is 16.5. The van der Waals surface area contributed by atoms with E-state index in [9.17, 15) is 0 Å². The number of morpholine rings is 1. The van der Waals surface area contributed by atoms with Crippen LogP contribution in [0.2, 0.25) is 0 Å². The molecule has 0 bridgehead atoms. The second-order valence-corrected chi connectivity index (χ2v) is 9.39. The molecule has 0 unspecified atom stereocenters. The van der Waals surface area contributed by atoms with Gasteiger partial charge in [-0.05, 0) is 51.0 Å². The summed E-state index contributed by atoms with van der Waals surface area (Å²) in [6.45, 7) is 7.88. The van der Waals surface area contributed by atoms with Gasteiger partial charge in [0.25, 0.3) is 0 Å². The van der Waals surface area contributed by atoms with E-state index in [0.717, 1.165) is 76.2 Å². The summed E-state index contributed by atoms with van der Waals surface area (Å²) in [5.74, 6) is 2.98. The van der Waals surface area contributed by atoms with Gasteiger partial charge in [-0.2, -0.15) is 4.98 Å². The first-order valence-corrected chi connectivity index (χ1v) is 11.1. The van der Waals surface area contributed by atoms with Gasteiger partial charge in [0, 0.05) is 44.1 Å². The molecule has 2 saturated carbocycles. The van der Waals surface area contributed by atoms with Crippen molar-refractivity contribution < 1.29 is 14.0 Å². The minimum absolute atomic E-state index is 0.277. The van der Waals surface area contributed by atoms with Crippen molar-refractivity contribution in [3.63, 3.8) is 0 Å². The van der Waals surface area contributed by atoms with Crippen LogP contribution in [0.1, 0.15) is 56.2 Å². The highest BCUT2D eigenvalue weighted by Gasteiger charge is 2.48. The first-order valence-electron chi connectivity index (χ1n) is 11.1. The van der Waals surface area contributed by atoms with Crippen molar-refractivity contribution >= 4 is 0 Å². The van der Waals surface area contributed by atoms with Gasteiger partial charge in [0.2, 0.25) is 5.89 Å². The number of fused-ring (bicyclic) bond motifs is 1. The molecule has 7 nitrogen and oxygen atoms in total. The van der Waals surface area contributed by atoms with E-state index < -0.39 is 0 Å². The highest BCUT2D eigenvalue weighted by Crippen LogP contribution is 2.48. The molecular weight excluding hydrogens is 356 g/mol. The maximum atomic E-state index is 5.75. The molecule has 3 atom stereocenters. The molecule has 156 valence electrons. The Labute approximate surface area is 167 Å². The lowest BCUT2D eigenvalue weighted by Crippen LogP contribution is -2.56. The maximum Gasteiger partial charge on any atom is 0.229 e. The molecule has 0 spiro atoms. The minimum atomic E-state index is 0.277. The van der Waals surface area contributed by atoms with E-state index in [2.05, 4.69) is 19.9 Å². The molecule has 4 fully saturated rings. The molecule has 7 heteroatoms. The first kappa shape index (κ1) is 19.0. The van der Waals surface area contributed by atoms with Gasteiger partial charge < -0.3 is 14.0 Å². The zero-order valence-electron chi connectivity index (χ0n) is 17.1. The normalized spacial score (nSPS) is 35.0. The van der Waals surface area contributed by atoms with Gasteiger partial charge in [-0.3, -0.25) is 9.80 Å². The Balaban J connectivity index is 1.23. The minimum Gasteiger partial charge on any atom is -0.384 e. The molecule has 5 rings (SSSR count). The second kappa shape index (κ2) is 8.01. The summed E-state index contributed by atoms with van der Waals surface area (Å²) >= 11 is 0. The first-order chi connectivity index (χ1) is 13.8. The zero-order valence-corrected chi connectivity index (χ0v) is 17.1. The van der Waals surface area contributed by atoms with Gasteiger partial charge in [0.15, 0.2) is 5.82 Å². The SMILES string of the molecule is COC[C@@]12CC[C@@H](N3CCOCC3)C[C@H]1CCN(Cc1noc(C3CC3)n1)C2. The number of piperidine rings is 1. The van der Waals surface area contributed by atoms with Crippen molar-refractivity contribution in [1.82, 2.24) is 19.9 Å². The van der Waals surface area contributed by atoms with E-state index in [1.807, 2.05) is 7.11 Å². The van der Waals surface area contributed by atoms with Gasteiger partial charge >= 0.3 is 0 Å². The van der Waals surface area contributed by atoms with Crippen molar-refractivity contribution in [3.05, 3.63) is 11.7 Å². The fraction of sp³-hybridized carbons (Fsp3) is 0.905. The highest BCUT2D eigenvalue weighted by molar-refractivity contribution is 5.03. The summed E-state index contributed by atoms with van der Waals surface area (Å²) in [4.78, 5) is 9.85. The van der Waals surface area contributed by atoms with E-state index >= 15 is 0 Å². The molecule has 4 aliphatic rings. The summed E-state index contributed by atoms with van der Waals surface area (Å²) in [6, 6.07) is 0.726. The van der Waals surface area contributed by atoms with Crippen LogP contribution in [0.3, 0.4) is 0 Å². The number of likely N-dealkylation sites (tertiary alicyclic amines) is 1. The Morgan fingerprint density at radius 3 is 2.79 bits per heavy atom. The molecule has 0 radical (unpaired) electrons. The van der Waals surface area contributed by atoms with E-state index in [1.165, 1.54) is 38.5 Å². The molecule has 1 aromatic rings. The van der Waals surface area contributed by atoms with Gasteiger partial charge in [-0.1, -0.05) is 5.16 Å². The summed E-state index contributed by atoms with van der Waals surface area (Å²) in [6.07, 6.45) is 7.50. The Kier molecular flexibility index (Phi) is 5.43. The summed E-state index contributed by atoms with van der Waals surface area (Å²) in [5.41, 5.74) is 0.277. The van der Waals surface area contributed by atoms with E-state index in [4.69, 9.17) is 14.0 Å². The van der Waals surface area contributed by atoms with Crippen LogP contribution in [0.25, 0.3) is 0 Å². The van der Waals surface area contributed by atoms with Crippen LogP contribution >= 0.6 is 0 Å². The smallest absolute Gasteiger partial charge is 0.229 e. The molecule has 0 aromatic carbocycles. The number of methoxy groups -OCH3 is 1. The number of nitrogens with zero attached hydrogens (tertiary/aromatic N) is 4. The average molecular weight is 391 g/mol. The van der Waals surface area contributed by atoms with Crippen LogP contribution in [0, 0.1) is 11.3 Å². The van der Waals surface area contributed by atoms with Crippen LogP contribution in [0.4, 0.5) is 0 Å². The zero-order chi connectivity index (χ0) is 19.0. The molecule has 0 amide bonds. The van der Waals surface area contributed by atoms with Gasteiger partial charge in [0.05, 0.1) is 26.4 Å². The predicted octanol–water partition coefficient (Wildman–Crippen LogP) is 2.29. The van der Waals surface area contributed by atoms with Crippen LogP contribution in [0.5, 0.6) is 0 Å². The Morgan fingerprint density at radius 1 is 1.14 bits per heavy atom. The predicted molar refractivity (Wildman–Crippen MR) is 104 cm³/mol. The Hall–Kier alpha value is -1.02. The van der Waals surface area contributed by atoms with Crippen LogP contribution < -0.4 is 0 Å². The van der Waals surface area contributed by atoms with Crippen LogP contribution in [-0.2, 0) is 16.0 Å². The largest absolute Gasteiger partial charge is 0.384 e. The lowest BCUT2D eigenvalue weighted by Gasteiger charge is -2.54. The maximum absolute atomic E-state index is 5.75. The summed E-state index contributed by atoms with van der Waals surface area (Å²) in [7, 11) is 1.86. The quantitative estimate of drug-likeness (QED) is 0.738. The average Bonchev–Trinajstić information content (AvgIpc) is 3.48. The fourth-order valence-electron chi connectivity index (χ4n) is 5.81. The molecule has 2 aliphatic carbocycles. The molecule has 3 heterocycles. The third kappa shape index (κ3) is 3.86. The van der Waals surface area contributed by atoms with Crippen LogP contribution in [-0.4, -0.2) is 79.1 Å². The van der Waals surface area contributed by atoms with Crippen molar-refractivity contribution in [1.29, 1.82) is 0 Å². The number of hydrogen-bond acceptors (Lipinski definition) is 7. The Morgan fingerprint density at radius 2 is 2.00 bits per heavy atom. The summed E-state index contributed by atoms with van der Waals surface area (Å²) in [5, 5.41) is 4.24. The third-order valence-corrected chi connectivity index (χ3v) is 7.50. The molecule has 2 aliphatic heterocycles. The summed E-state index contributed by atoms with van der Waals surface area (Å²) < 4.78 is 16.8. The van der Waals surface area contributed by atoms with Crippen molar-refractivity contribution in [2.75, 3.05) is 53.1 Å². The Bertz CT molecular complexity index is 658. The second-order valence-electron chi connectivity index (χ2n) is 9.39. The number of aromatic nitrogens is 2. The molecule has 1 aromatic heterocycles. The van der Waals surface area contributed by atoms with E-state index in [-0.39, 0.29) is 5.41 Å². The molecular formula is C21H34N4O3. The van der Waals surface area contributed by atoms with Crippen molar-refractivity contribution in [3.8, 4) is 0 Å².